The molecule has 0 aromatic carbocycles. The first-order valence-electron chi connectivity index (χ1n) is 5.45. The van der Waals surface area contributed by atoms with Gasteiger partial charge >= 0.3 is 0 Å². The second kappa shape index (κ2) is 5.20. The third kappa shape index (κ3) is 2.41. The van der Waals surface area contributed by atoms with Crippen LogP contribution in [0.25, 0.3) is 0 Å². The molecule has 6 heteroatoms. The molecule has 1 unspecified atom stereocenters. The third-order valence-electron chi connectivity index (χ3n) is 2.88. The molecule has 0 bridgehead atoms. The van der Waals surface area contributed by atoms with E-state index in [9.17, 15) is 9.50 Å². The van der Waals surface area contributed by atoms with Crippen LogP contribution in [0, 0.1) is 0 Å². The lowest BCUT2D eigenvalue weighted by Gasteiger charge is -2.31. The van der Waals surface area contributed by atoms with E-state index < -0.39 is 24.9 Å². The number of hydrogen-bond donors (Lipinski definition) is 3. The first-order chi connectivity index (χ1) is 7.72. The zero-order valence-corrected chi connectivity index (χ0v) is 8.92. The predicted octanol–water partition coefficient (Wildman–Crippen LogP) is -0.831. The van der Waals surface area contributed by atoms with Crippen molar-refractivity contribution in [3.8, 4) is 0 Å². The van der Waals surface area contributed by atoms with E-state index >= 15 is 0 Å². The van der Waals surface area contributed by atoms with Crippen molar-refractivity contribution in [1.82, 2.24) is 10.2 Å². The Bertz CT molecular complexity index is 264. The van der Waals surface area contributed by atoms with Crippen molar-refractivity contribution >= 4 is 0 Å². The second-order valence-electron chi connectivity index (χ2n) is 4.03. The highest BCUT2D eigenvalue weighted by atomic mass is 19.1. The Balaban J connectivity index is 2.02. The van der Waals surface area contributed by atoms with Crippen molar-refractivity contribution in [2.24, 2.45) is 0 Å². The fourth-order valence-corrected chi connectivity index (χ4v) is 2.02. The Hall–Kier alpha value is -0.530. The van der Waals surface area contributed by atoms with Crippen LogP contribution in [0.5, 0.6) is 0 Å². The van der Waals surface area contributed by atoms with E-state index in [4.69, 9.17) is 9.84 Å². The normalized spacial score (nSPS) is 41.2. The molecule has 2 aliphatic rings. The van der Waals surface area contributed by atoms with Gasteiger partial charge in [-0.25, -0.2) is 9.29 Å². The van der Waals surface area contributed by atoms with Crippen LogP contribution in [-0.2, 0) is 4.74 Å². The van der Waals surface area contributed by atoms with Gasteiger partial charge in [-0.05, 0) is 0 Å². The summed E-state index contributed by atoms with van der Waals surface area (Å²) in [6.45, 7) is 0.784. The third-order valence-corrected chi connectivity index (χ3v) is 2.88. The number of hydrogen-bond acceptors (Lipinski definition) is 5. The number of aliphatic hydroxyl groups is 2. The van der Waals surface area contributed by atoms with Gasteiger partial charge in [0, 0.05) is 19.5 Å². The summed E-state index contributed by atoms with van der Waals surface area (Å²) in [6.07, 6.45) is 0.534. The summed E-state index contributed by atoms with van der Waals surface area (Å²) < 4.78 is 19.0. The minimum absolute atomic E-state index is 0.175. The molecule has 1 saturated heterocycles. The molecule has 5 nitrogen and oxygen atoms in total. The van der Waals surface area contributed by atoms with Gasteiger partial charge in [0.1, 0.15) is 12.4 Å². The highest BCUT2D eigenvalue weighted by molar-refractivity contribution is 4.94. The molecule has 0 aromatic rings. The molecule has 2 heterocycles. The maximum Gasteiger partial charge on any atom is 0.165 e. The SMILES string of the molecule is OC[C@@H]1C[C@H](F)[C@H](N2CC=CCNC2O)O1. The first-order valence-corrected chi connectivity index (χ1v) is 5.45. The summed E-state index contributed by atoms with van der Waals surface area (Å²) in [5.74, 6) is 0. The van der Waals surface area contributed by atoms with E-state index in [1.165, 1.54) is 4.90 Å². The number of aliphatic hydroxyl groups excluding tert-OH is 2. The molecule has 2 aliphatic heterocycles. The number of alkyl halides is 1. The van der Waals surface area contributed by atoms with Gasteiger partial charge in [-0.3, -0.25) is 5.32 Å². The van der Waals surface area contributed by atoms with E-state index in [-0.39, 0.29) is 13.0 Å². The van der Waals surface area contributed by atoms with E-state index in [2.05, 4.69) is 5.32 Å². The van der Waals surface area contributed by atoms with Crippen molar-refractivity contribution in [2.75, 3.05) is 19.7 Å². The highest BCUT2D eigenvalue weighted by Crippen LogP contribution is 2.26. The lowest BCUT2D eigenvalue weighted by molar-refractivity contribution is -0.147. The van der Waals surface area contributed by atoms with Crippen LogP contribution >= 0.6 is 0 Å². The van der Waals surface area contributed by atoms with Crippen LogP contribution in [-0.4, -0.2) is 59.7 Å². The van der Waals surface area contributed by atoms with Gasteiger partial charge in [0.05, 0.1) is 12.7 Å². The van der Waals surface area contributed by atoms with Gasteiger partial charge in [0.25, 0.3) is 0 Å². The molecule has 0 spiro atoms. The number of nitrogens with one attached hydrogen (secondary N) is 1. The van der Waals surface area contributed by atoms with Crippen LogP contribution in [0.15, 0.2) is 12.2 Å². The maximum absolute atomic E-state index is 13.7. The Kier molecular flexibility index (Phi) is 3.88. The zero-order chi connectivity index (χ0) is 11.5. The number of halogens is 1. The summed E-state index contributed by atoms with van der Waals surface area (Å²) in [5.41, 5.74) is 0. The smallest absolute Gasteiger partial charge is 0.165 e. The number of nitrogens with zero attached hydrogens (tertiary/aromatic N) is 1. The van der Waals surface area contributed by atoms with Crippen molar-refractivity contribution in [3.63, 3.8) is 0 Å². The van der Waals surface area contributed by atoms with Crippen LogP contribution in [0.2, 0.25) is 0 Å². The average molecular weight is 232 g/mol. The zero-order valence-electron chi connectivity index (χ0n) is 8.92. The molecule has 2 rings (SSSR count). The van der Waals surface area contributed by atoms with Gasteiger partial charge < -0.3 is 14.9 Å². The molecule has 4 atom stereocenters. The Labute approximate surface area is 93.5 Å². The maximum atomic E-state index is 13.7. The Morgan fingerprint density at radius 2 is 2.31 bits per heavy atom. The van der Waals surface area contributed by atoms with Gasteiger partial charge in [-0.2, -0.15) is 0 Å². The van der Waals surface area contributed by atoms with Crippen LogP contribution in [0.1, 0.15) is 6.42 Å². The lowest BCUT2D eigenvalue weighted by Crippen LogP contribution is -2.52. The number of ether oxygens (including phenoxy) is 1. The van der Waals surface area contributed by atoms with Crippen molar-refractivity contribution < 1.29 is 19.3 Å². The summed E-state index contributed by atoms with van der Waals surface area (Å²) >= 11 is 0. The highest BCUT2D eigenvalue weighted by Gasteiger charge is 2.40. The van der Waals surface area contributed by atoms with Gasteiger partial charge in [-0.1, -0.05) is 12.2 Å². The van der Waals surface area contributed by atoms with Crippen LogP contribution in [0.4, 0.5) is 4.39 Å². The van der Waals surface area contributed by atoms with Gasteiger partial charge in [0.2, 0.25) is 0 Å². The quantitative estimate of drug-likeness (QED) is 0.542. The summed E-state index contributed by atoms with van der Waals surface area (Å²) in [4.78, 5) is 1.50. The molecule has 16 heavy (non-hydrogen) atoms. The fraction of sp³-hybridized carbons (Fsp3) is 0.800. The molecule has 3 N–H and O–H groups in total. The van der Waals surface area contributed by atoms with Crippen molar-refractivity contribution in [2.45, 2.75) is 31.3 Å². The van der Waals surface area contributed by atoms with Crippen molar-refractivity contribution in [3.05, 3.63) is 12.2 Å². The minimum atomic E-state index is -1.18. The Morgan fingerprint density at radius 3 is 3.00 bits per heavy atom. The second-order valence-corrected chi connectivity index (χ2v) is 4.03. The summed E-state index contributed by atoms with van der Waals surface area (Å²) in [7, 11) is 0. The topological polar surface area (TPSA) is 65.0 Å². The Morgan fingerprint density at radius 1 is 1.50 bits per heavy atom. The molecule has 0 radical (unpaired) electrons. The van der Waals surface area contributed by atoms with Crippen LogP contribution < -0.4 is 5.32 Å². The van der Waals surface area contributed by atoms with E-state index in [1.54, 1.807) is 0 Å². The number of rotatable bonds is 2. The van der Waals surface area contributed by atoms with E-state index in [0.29, 0.717) is 13.1 Å². The first kappa shape index (κ1) is 11.9. The largest absolute Gasteiger partial charge is 0.394 e. The van der Waals surface area contributed by atoms with Gasteiger partial charge in [0.15, 0.2) is 6.35 Å². The lowest BCUT2D eigenvalue weighted by atomic mass is 10.2. The molecule has 1 fully saturated rings. The fourth-order valence-electron chi connectivity index (χ4n) is 2.02. The van der Waals surface area contributed by atoms with E-state index in [1.807, 2.05) is 12.2 Å². The van der Waals surface area contributed by atoms with Crippen molar-refractivity contribution in [1.29, 1.82) is 0 Å². The molecular weight excluding hydrogens is 215 g/mol. The summed E-state index contributed by atoms with van der Waals surface area (Å²) in [5, 5.41) is 21.5. The molecule has 0 aliphatic carbocycles. The molecule has 92 valence electrons. The molecule has 0 aromatic heterocycles. The molecular formula is C10H17FN2O3. The molecule has 0 saturated carbocycles. The molecule has 0 amide bonds. The predicted molar refractivity (Wildman–Crippen MR) is 55.1 cm³/mol. The standard InChI is InChI=1S/C10H17FN2O3/c11-8-5-7(6-14)16-9(8)13-4-2-1-3-12-10(13)15/h1-2,7-10,12,14-15H,3-6H2/t7-,8-,9+,10?/m0/s1. The van der Waals surface area contributed by atoms with Crippen LogP contribution in [0.3, 0.4) is 0 Å². The average Bonchev–Trinajstić information content (AvgIpc) is 2.51. The minimum Gasteiger partial charge on any atom is -0.394 e. The monoisotopic (exact) mass is 232 g/mol. The van der Waals surface area contributed by atoms with E-state index in [0.717, 1.165) is 0 Å². The van der Waals surface area contributed by atoms with Gasteiger partial charge in [-0.15, -0.1) is 0 Å². The summed E-state index contributed by atoms with van der Waals surface area (Å²) in [6, 6.07) is 0.